The van der Waals surface area contributed by atoms with E-state index in [0.717, 1.165) is 16.6 Å². The third-order valence-corrected chi connectivity index (χ3v) is 2.94. The highest BCUT2D eigenvalue weighted by Gasteiger charge is 2.12. The summed E-state index contributed by atoms with van der Waals surface area (Å²) in [6, 6.07) is 5.59. The lowest BCUT2D eigenvalue weighted by Crippen LogP contribution is -1.99. The van der Waals surface area contributed by atoms with Gasteiger partial charge in [-0.25, -0.2) is 0 Å². The number of rotatable bonds is 3. The third-order valence-electron chi connectivity index (χ3n) is 2.94. The number of nitrogens with two attached hydrogens (primary N) is 1. The number of fused-ring (bicyclic) bond motifs is 1. The van der Waals surface area contributed by atoms with Crippen LogP contribution in [0.3, 0.4) is 0 Å². The van der Waals surface area contributed by atoms with E-state index in [1.165, 1.54) is 0 Å². The van der Waals surface area contributed by atoms with Crippen molar-refractivity contribution in [1.82, 2.24) is 4.98 Å². The first-order valence-corrected chi connectivity index (χ1v) is 5.89. The molecule has 0 aliphatic heterocycles. The highest BCUT2D eigenvalue weighted by molar-refractivity contribution is 5.96. The lowest BCUT2D eigenvalue weighted by molar-refractivity contribution is 0.398. The number of pyridine rings is 1. The van der Waals surface area contributed by atoms with Crippen molar-refractivity contribution >= 4 is 16.6 Å². The minimum absolute atomic E-state index is 0.328. The Labute approximate surface area is 107 Å². The molecule has 0 radical (unpaired) electrons. The number of nitrogens with zero attached hydrogens (tertiary/aromatic N) is 1. The molecule has 0 aliphatic carbocycles. The van der Waals surface area contributed by atoms with Crippen LogP contribution in [-0.2, 0) is 0 Å². The van der Waals surface area contributed by atoms with E-state index in [1.807, 2.05) is 18.2 Å². The van der Waals surface area contributed by atoms with E-state index in [9.17, 15) is 0 Å². The van der Waals surface area contributed by atoms with Crippen molar-refractivity contribution in [2.75, 3.05) is 20.0 Å². The Kier molecular flexibility index (Phi) is 3.28. The number of nitrogen functional groups attached to an aromatic ring is 1. The van der Waals surface area contributed by atoms with Crippen molar-refractivity contribution in [3.05, 3.63) is 23.9 Å². The van der Waals surface area contributed by atoms with Crippen molar-refractivity contribution in [3.8, 4) is 11.5 Å². The molecule has 0 saturated carbocycles. The summed E-state index contributed by atoms with van der Waals surface area (Å²) in [5, 5.41) is 0.836. The summed E-state index contributed by atoms with van der Waals surface area (Å²) < 4.78 is 10.6. The molecule has 96 valence electrons. The lowest BCUT2D eigenvalue weighted by Gasteiger charge is -2.13. The molecule has 0 spiro atoms. The van der Waals surface area contributed by atoms with E-state index in [1.54, 1.807) is 14.2 Å². The molecule has 0 atom stereocenters. The highest BCUT2D eigenvalue weighted by Crippen LogP contribution is 2.35. The number of hydrogen-bond donors (Lipinski definition) is 1. The average molecular weight is 246 g/mol. The topological polar surface area (TPSA) is 57.4 Å². The first-order chi connectivity index (χ1) is 8.56. The Morgan fingerprint density at radius 2 is 1.83 bits per heavy atom. The van der Waals surface area contributed by atoms with Gasteiger partial charge in [-0.3, -0.25) is 4.98 Å². The van der Waals surface area contributed by atoms with Crippen LogP contribution in [0.15, 0.2) is 18.2 Å². The summed E-state index contributed by atoms with van der Waals surface area (Å²) in [6.45, 7) is 4.18. The minimum Gasteiger partial charge on any atom is -0.497 e. The molecule has 1 aromatic carbocycles. The molecule has 0 fully saturated rings. The number of hydrogen-bond acceptors (Lipinski definition) is 4. The molecule has 4 nitrogen and oxygen atoms in total. The van der Waals surface area contributed by atoms with Gasteiger partial charge >= 0.3 is 0 Å². The molecule has 1 aromatic heterocycles. The Bertz CT molecular complexity index is 580. The van der Waals surface area contributed by atoms with Gasteiger partial charge in [-0.2, -0.15) is 0 Å². The molecular weight excluding hydrogens is 228 g/mol. The van der Waals surface area contributed by atoms with Crippen LogP contribution < -0.4 is 15.2 Å². The van der Waals surface area contributed by atoms with Gasteiger partial charge in [0, 0.05) is 23.5 Å². The molecule has 2 N–H and O–H groups in total. The summed E-state index contributed by atoms with van der Waals surface area (Å²) in [5.74, 6) is 1.73. The van der Waals surface area contributed by atoms with Crippen LogP contribution in [0.25, 0.3) is 10.9 Å². The Balaban J connectivity index is 2.78. The van der Waals surface area contributed by atoms with Gasteiger partial charge in [0.1, 0.15) is 11.5 Å². The van der Waals surface area contributed by atoms with E-state index in [2.05, 4.69) is 18.8 Å². The smallest absolute Gasteiger partial charge is 0.134 e. The van der Waals surface area contributed by atoms with Crippen LogP contribution in [0, 0.1) is 0 Å². The largest absolute Gasteiger partial charge is 0.497 e. The second kappa shape index (κ2) is 4.72. The molecule has 0 bridgehead atoms. The van der Waals surface area contributed by atoms with Crippen LogP contribution in [0.4, 0.5) is 5.69 Å². The fourth-order valence-corrected chi connectivity index (χ4v) is 1.93. The molecule has 0 saturated heterocycles. The van der Waals surface area contributed by atoms with Gasteiger partial charge in [-0.05, 0) is 12.0 Å². The summed E-state index contributed by atoms with van der Waals surface area (Å²) in [7, 11) is 3.24. The van der Waals surface area contributed by atoms with Gasteiger partial charge in [0.15, 0.2) is 0 Å². The molecular formula is C14H18N2O2. The van der Waals surface area contributed by atoms with E-state index in [-0.39, 0.29) is 0 Å². The van der Waals surface area contributed by atoms with Crippen LogP contribution in [0.5, 0.6) is 11.5 Å². The zero-order valence-electron chi connectivity index (χ0n) is 11.2. The van der Waals surface area contributed by atoms with Crippen molar-refractivity contribution in [1.29, 1.82) is 0 Å². The summed E-state index contributed by atoms with van der Waals surface area (Å²) in [5.41, 5.74) is 8.55. The van der Waals surface area contributed by atoms with E-state index in [0.29, 0.717) is 23.1 Å². The van der Waals surface area contributed by atoms with Crippen molar-refractivity contribution < 1.29 is 9.47 Å². The van der Waals surface area contributed by atoms with Crippen molar-refractivity contribution in [2.45, 2.75) is 19.8 Å². The van der Waals surface area contributed by atoms with Gasteiger partial charge in [-0.15, -0.1) is 0 Å². The number of benzene rings is 1. The van der Waals surface area contributed by atoms with Gasteiger partial charge in [0.05, 0.1) is 25.1 Å². The quantitative estimate of drug-likeness (QED) is 0.904. The molecule has 0 aliphatic rings. The minimum atomic E-state index is 0.328. The van der Waals surface area contributed by atoms with Crippen molar-refractivity contribution in [3.63, 3.8) is 0 Å². The Morgan fingerprint density at radius 1 is 1.11 bits per heavy atom. The first-order valence-electron chi connectivity index (χ1n) is 5.89. The zero-order chi connectivity index (χ0) is 13.3. The van der Waals surface area contributed by atoms with Crippen LogP contribution in [-0.4, -0.2) is 19.2 Å². The number of anilines is 1. The fraction of sp³-hybridized carbons (Fsp3) is 0.357. The molecule has 0 unspecified atom stereocenters. The van der Waals surface area contributed by atoms with Crippen LogP contribution in [0.1, 0.15) is 25.5 Å². The number of ether oxygens (including phenoxy) is 2. The molecule has 1 heterocycles. The van der Waals surface area contributed by atoms with Crippen molar-refractivity contribution in [2.24, 2.45) is 0 Å². The van der Waals surface area contributed by atoms with E-state index >= 15 is 0 Å². The predicted molar refractivity (Wildman–Crippen MR) is 73.3 cm³/mol. The van der Waals surface area contributed by atoms with Crippen LogP contribution in [0.2, 0.25) is 0 Å². The highest BCUT2D eigenvalue weighted by atomic mass is 16.5. The van der Waals surface area contributed by atoms with Gasteiger partial charge < -0.3 is 15.2 Å². The molecule has 0 amide bonds. The summed E-state index contributed by atoms with van der Waals surface area (Å²) in [6.07, 6.45) is 0. The molecule has 18 heavy (non-hydrogen) atoms. The third kappa shape index (κ3) is 2.06. The second-order valence-electron chi connectivity index (χ2n) is 4.51. The molecule has 4 heteroatoms. The lowest BCUT2D eigenvalue weighted by atomic mass is 10.1. The van der Waals surface area contributed by atoms with Gasteiger partial charge in [-0.1, -0.05) is 13.8 Å². The zero-order valence-corrected chi connectivity index (χ0v) is 11.2. The SMILES string of the molecule is COc1cc(OC)c2c(N)cc(C(C)C)nc2c1. The fourth-order valence-electron chi connectivity index (χ4n) is 1.93. The predicted octanol–water partition coefficient (Wildman–Crippen LogP) is 2.96. The van der Waals surface area contributed by atoms with Crippen LogP contribution >= 0.6 is 0 Å². The normalized spacial score (nSPS) is 10.9. The Morgan fingerprint density at radius 3 is 2.39 bits per heavy atom. The summed E-state index contributed by atoms with van der Waals surface area (Å²) >= 11 is 0. The first kappa shape index (κ1) is 12.5. The Hall–Kier alpha value is -1.97. The average Bonchev–Trinajstić information content (AvgIpc) is 2.36. The molecule has 2 aromatic rings. The monoisotopic (exact) mass is 246 g/mol. The van der Waals surface area contributed by atoms with E-state index in [4.69, 9.17) is 15.2 Å². The maximum Gasteiger partial charge on any atom is 0.134 e. The number of methoxy groups -OCH3 is 2. The second-order valence-corrected chi connectivity index (χ2v) is 4.51. The summed E-state index contributed by atoms with van der Waals surface area (Å²) in [4.78, 5) is 4.61. The van der Waals surface area contributed by atoms with Gasteiger partial charge in [0.2, 0.25) is 0 Å². The van der Waals surface area contributed by atoms with E-state index < -0.39 is 0 Å². The van der Waals surface area contributed by atoms with Gasteiger partial charge in [0.25, 0.3) is 0 Å². The maximum absolute atomic E-state index is 6.10. The maximum atomic E-state index is 6.10. The number of aromatic nitrogens is 1. The standard InChI is InChI=1S/C14H18N2O2/c1-8(2)11-7-10(15)14-12(16-11)5-9(17-3)6-13(14)18-4/h5-8H,1-4H3,(H2,15,16). The molecule has 2 rings (SSSR count).